The van der Waals surface area contributed by atoms with Crippen LogP contribution in [0.15, 0.2) is 22.7 Å². The molecule has 2 fully saturated rings. The van der Waals surface area contributed by atoms with Crippen LogP contribution in [0.3, 0.4) is 0 Å². The van der Waals surface area contributed by atoms with Gasteiger partial charge in [-0.2, -0.15) is 13.8 Å². The van der Waals surface area contributed by atoms with E-state index in [1.54, 1.807) is 6.07 Å². The Balaban J connectivity index is 1.34. The molecule has 2 aliphatic rings. The zero-order chi connectivity index (χ0) is 21.8. The summed E-state index contributed by atoms with van der Waals surface area (Å²) < 4.78 is 39.9. The minimum absolute atomic E-state index is 0.0590. The number of likely N-dealkylation sites (tertiary alicyclic amines) is 2. The molecule has 0 N–H and O–H groups in total. The molecule has 168 valence electrons. The fourth-order valence-electron chi connectivity index (χ4n) is 4.16. The van der Waals surface area contributed by atoms with Gasteiger partial charge in [-0.3, -0.25) is 9.69 Å². The first-order valence-corrected chi connectivity index (χ1v) is 10.5. The van der Waals surface area contributed by atoms with Gasteiger partial charge in [0.15, 0.2) is 11.5 Å². The van der Waals surface area contributed by atoms with Gasteiger partial charge in [-0.1, -0.05) is 5.16 Å². The van der Waals surface area contributed by atoms with Gasteiger partial charge in [-0.25, -0.2) is 0 Å². The Hall–Kier alpha value is -2.75. The van der Waals surface area contributed by atoms with Gasteiger partial charge in [0.25, 0.3) is 0 Å². The Morgan fingerprint density at radius 2 is 1.94 bits per heavy atom. The number of alkyl halides is 2. The summed E-state index contributed by atoms with van der Waals surface area (Å²) in [6.07, 6.45) is 3.88. The van der Waals surface area contributed by atoms with Gasteiger partial charge in [0.2, 0.25) is 17.6 Å². The number of benzene rings is 1. The van der Waals surface area contributed by atoms with E-state index in [9.17, 15) is 13.6 Å². The molecule has 0 spiro atoms. The van der Waals surface area contributed by atoms with Crippen LogP contribution in [0.25, 0.3) is 11.4 Å². The summed E-state index contributed by atoms with van der Waals surface area (Å²) in [6, 6.07) is 4.49. The number of hydrogen-bond acceptors (Lipinski definition) is 7. The van der Waals surface area contributed by atoms with E-state index >= 15 is 0 Å². The zero-order valence-electron chi connectivity index (χ0n) is 17.4. The third kappa shape index (κ3) is 5.12. The fraction of sp³-hybridized carbons (Fsp3) is 0.571. The highest BCUT2D eigenvalue weighted by molar-refractivity contribution is 5.79. The molecule has 0 saturated carbocycles. The Bertz CT molecular complexity index is 893. The number of rotatable bonds is 7. The predicted octanol–water partition coefficient (Wildman–Crippen LogP) is 3.18. The lowest BCUT2D eigenvalue weighted by molar-refractivity contribution is -0.136. The van der Waals surface area contributed by atoms with Crippen LogP contribution in [-0.2, 0) is 11.3 Å². The van der Waals surface area contributed by atoms with E-state index in [0.717, 1.165) is 51.9 Å². The standard InChI is InChI=1S/C21H26F2N4O4/c1-29-17-12-15(4-5-16(17)30-21(22)23)19-24-18(31-25-19)13-26-10-6-14(7-11-26)20(28)27-8-2-3-9-27/h4-5,12,14,21H,2-3,6-11,13H2,1H3. The molecule has 0 bridgehead atoms. The Morgan fingerprint density at radius 1 is 1.19 bits per heavy atom. The SMILES string of the molecule is COc1cc(-c2noc(CN3CCC(C(=O)N4CCCC4)CC3)n2)ccc1OC(F)F. The van der Waals surface area contributed by atoms with Crippen molar-refractivity contribution in [1.82, 2.24) is 19.9 Å². The first-order chi connectivity index (χ1) is 15.0. The Morgan fingerprint density at radius 3 is 2.61 bits per heavy atom. The molecule has 0 atom stereocenters. The van der Waals surface area contributed by atoms with Crippen LogP contribution in [0.1, 0.15) is 31.6 Å². The van der Waals surface area contributed by atoms with Crippen molar-refractivity contribution in [3.63, 3.8) is 0 Å². The van der Waals surface area contributed by atoms with Gasteiger partial charge in [0.1, 0.15) is 0 Å². The molecule has 2 aliphatic heterocycles. The lowest BCUT2D eigenvalue weighted by Gasteiger charge is -2.32. The van der Waals surface area contributed by atoms with Crippen molar-refractivity contribution in [2.75, 3.05) is 33.3 Å². The van der Waals surface area contributed by atoms with E-state index in [1.165, 1.54) is 19.2 Å². The normalized spacial score (nSPS) is 18.0. The molecule has 10 heteroatoms. The number of nitrogens with zero attached hydrogens (tertiary/aromatic N) is 4. The molecular weight excluding hydrogens is 410 g/mol. The molecule has 2 aromatic rings. The van der Waals surface area contributed by atoms with E-state index in [2.05, 4.69) is 19.8 Å². The van der Waals surface area contributed by atoms with Crippen molar-refractivity contribution >= 4 is 5.91 Å². The predicted molar refractivity (Wildman–Crippen MR) is 107 cm³/mol. The monoisotopic (exact) mass is 436 g/mol. The minimum Gasteiger partial charge on any atom is -0.493 e. The number of halogens is 2. The van der Waals surface area contributed by atoms with Gasteiger partial charge < -0.3 is 18.9 Å². The van der Waals surface area contributed by atoms with E-state index in [1.807, 2.05) is 4.90 Å². The number of hydrogen-bond donors (Lipinski definition) is 0. The maximum Gasteiger partial charge on any atom is 0.387 e. The van der Waals surface area contributed by atoms with Gasteiger partial charge in [-0.05, 0) is 57.0 Å². The summed E-state index contributed by atoms with van der Waals surface area (Å²) in [5.41, 5.74) is 0.573. The van der Waals surface area contributed by atoms with E-state index in [4.69, 9.17) is 9.26 Å². The van der Waals surface area contributed by atoms with Crippen molar-refractivity contribution in [3.05, 3.63) is 24.1 Å². The molecule has 1 aromatic carbocycles. The van der Waals surface area contributed by atoms with Crippen LogP contribution in [-0.4, -0.2) is 65.7 Å². The summed E-state index contributed by atoms with van der Waals surface area (Å²) in [6.45, 7) is 0.950. The molecule has 3 heterocycles. The first kappa shape index (κ1) is 21.5. The summed E-state index contributed by atoms with van der Waals surface area (Å²) >= 11 is 0. The van der Waals surface area contributed by atoms with E-state index < -0.39 is 6.61 Å². The second-order valence-electron chi connectivity index (χ2n) is 7.84. The summed E-state index contributed by atoms with van der Waals surface area (Å²) in [4.78, 5) is 21.2. The molecule has 8 nitrogen and oxygen atoms in total. The number of amides is 1. The van der Waals surface area contributed by atoms with Crippen LogP contribution >= 0.6 is 0 Å². The smallest absolute Gasteiger partial charge is 0.387 e. The average molecular weight is 436 g/mol. The van der Waals surface area contributed by atoms with Crippen LogP contribution in [0.4, 0.5) is 8.78 Å². The van der Waals surface area contributed by atoms with Gasteiger partial charge in [-0.15, -0.1) is 0 Å². The van der Waals surface area contributed by atoms with Crippen LogP contribution in [0.2, 0.25) is 0 Å². The summed E-state index contributed by atoms with van der Waals surface area (Å²) in [5.74, 6) is 1.31. The summed E-state index contributed by atoms with van der Waals surface area (Å²) in [7, 11) is 1.37. The van der Waals surface area contributed by atoms with Crippen molar-refractivity contribution in [1.29, 1.82) is 0 Å². The maximum absolute atomic E-state index is 12.6. The third-order valence-electron chi connectivity index (χ3n) is 5.82. The highest BCUT2D eigenvalue weighted by Gasteiger charge is 2.30. The highest BCUT2D eigenvalue weighted by Crippen LogP contribution is 2.32. The van der Waals surface area contributed by atoms with Crippen molar-refractivity contribution in [2.24, 2.45) is 5.92 Å². The lowest BCUT2D eigenvalue weighted by atomic mass is 9.95. The highest BCUT2D eigenvalue weighted by atomic mass is 19.3. The number of ether oxygens (including phenoxy) is 2. The maximum atomic E-state index is 12.6. The number of carbonyl (C=O) groups excluding carboxylic acids is 1. The molecule has 1 amide bonds. The van der Waals surface area contributed by atoms with E-state index in [-0.39, 0.29) is 17.4 Å². The van der Waals surface area contributed by atoms with Crippen molar-refractivity contribution < 1.29 is 27.6 Å². The van der Waals surface area contributed by atoms with E-state index in [0.29, 0.717) is 29.7 Å². The Labute approximate surface area is 179 Å². The van der Waals surface area contributed by atoms with Gasteiger partial charge in [0, 0.05) is 24.6 Å². The Kier molecular flexibility index (Phi) is 6.64. The van der Waals surface area contributed by atoms with Crippen LogP contribution in [0, 0.1) is 5.92 Å². The molecule has 4 rings (SSSR count). The molecule has 31 heavy (non-hydrogen) atoms. The molecule has 0 unspecified atom stereocenters. The van der Waals surface area contributed by atoms with Gasteiger partial charge >= 0.3 is 6.61 Å². The largest absolute Gasteiger partial charge is 0.493 e. The molecule has 0 radical (unpaired) electrons. The second kappa shape index (κ2) is 9.59. The van der Waals surface area contributed by atoms with Gasteiger partial charge in [0.05, 0.1) is 13.7 Å². The molecule has 1 aromatic heterocycles. The fourth-order valence-corrected chi connectivity index (χ4v) is 4.16. The summed E-state index contributed by atoms with van der Waals surface area (Å²) in [5, 5.41) is 4.00. The first-order valence-electron chi connectivity index (χ1n) is 10.5. The third-order valence-corrected chi connectivity index (χ3v) is 5.82. The minimum atomic E-state index is -2.94. The molecule has 2 saturated heterocycles. The molecular formula is C21H26F2N4O4. The van der Waals surface area contributed by atoms with Crippen molar-refractivity contribution in [3.8, 4) is 22.9 Å². The van der Waals surface area contributed by atoms with Crippen molar-refractivity contribution in [2.45, 2.75) is 38.8 Å². The number of methoxy groups -OCH3 is 1. The second-order valence-corrected chi connectivity index (χ2v) is 7.84. The zero-order valence-corrected chi connectivity index (χ0v) is 17.4. The number of carbonyl (C=O) groups is 1. The van der Waals surface area contributed by atoms with Crippen LogP contribution in [0.5, 0.6) is 11.5 Å². The van der Waals surface area contributed by atoms with Crippen LogP contribution < -0.4 is 9.47 Å². The number of piperidine rings is 1. The molecule has 0 aliphatic carbocycles. The quantitative estimate of drug-likeness (QED) is 0.659. The number of aromatic nitrogens is 2. The lowest BCUT2D eigenvalue weighted by Crippen LogP contribution is -2.41. The topological polar surface area (TPSA) is 80.9 Å². The average Bonchev–Trinajstić information content (AvgIpc) is 3.46.